The predicted molar refractivity (Wildman–Crippen MR) is 108 cm³/mol. The zero-order valence-electron chi connectivity index (χ0n) is 16.2. The van der Waals surface area contributed by atoms with E-state index >= 15 is 0 Å². The van der Waals surface area contributed by atoms with Crippen LogP contribution >= 0.6 is 11.6 Å². The van der Waals surface area contributed by atoms with Crippen molar-refractivity contribution < 1.29 is 14.3 Å². The van der Waals surface area contributed by atoms with Crippen LogP contribution in [0.3, 0.4) is 0 Å². The number of carbonyl (C=O) groups is 1. The van der Waals surface area contributed by atoms with Crippen molar-refractivity contribution in [2.24, 2.45) is 10.9 Å². The fourth-order valence-corrected chi connectivity index (χ4v) is 4.49. The second-order valence-electron chi connectivity index (χ2n) is 7.63. The SMILES string of the molecule is CN=C(NCc1cc(Cl)c2c(c1)OCO2)NC1CCN(C(=O)C2CCCC2)C1. The highest BCUT2D eigenvalue weighted by Gasteiger charge is 2.32. The van der Waals surface area contributed by atoms with E-state index in [2.05, 4.69) is 15.6 Å². The second-order valence-corrected chi connectivity index (χ2v) is 8.04. The first-order valence-corrected chi connectivity index (χ1v) is 10.4. The Morgan fingerprint density at radius 3 is 2.89 bits per heavy atom. The maximum Gasteiger partial charge on any atom is 0.231 e. The lowest BCUT2D eigenvalue weighted by molar-refractivity contribution is -0.134. The molecular formula is C20H27ClN4O3. The van der Waals surface area contributed by atoms with E-state index in [0.717, 1.165) is 37.9 Å². The number of amides is 1. The van der Waals surface area contributed by atoms with Crippen molar-refractivity contribution in [2.45, 2.75) is 44.7 Å². The summed E-state index contributed by atoms with van der Waals surface area (Å²) in [6.45, 7) is 2.33. The molecular weight excluding hydrogens is 380 g/mol. The Labute approximate surface area is 170 Å². The highest BCUT2D eigenvalue weighted by Crippen LogP contribution is 2.39. The number of fused-ring (bicyclic) bond motifs is 1. The first-order valence-electron chi connectivity index (χ1n) is 9.98. The normalized spacial score (nSPS) is 22.0. The average Bonchev–Trinajstić information content (AvgIpc) is 3.46. The van der Waals surface area contributed by atoms with Crippen LogP contribution in [0.2, 0.25) is 5.02 Å². The van der Waals surface area contributed by atoms with E-state index in [1.807, 2.05) is 17.0 Å². The highest BCUT2D eigenvalue weighted by atomic mass is 35.5. The number of benzene rings is 1. The molecule has 8 heteroatoms. The predicted octanol–water partition coefficient (Wildman–Crippen LogP) is 2.52. The quantitative estimate of drug-likeness (QED) is 0.593. The van der Waals surface area contributed by atoms with Gasteiger partial charge in [-0.25, -0.2) is 0 Å². The van der Waals surface area contributed by atoms with Gasteiger partial charge in [0.2, 0.25) is 12.7 Å². The number of aliphatic imine (C=N–C) groups is 1. The van der Waals surface area contributed by atoms with Crippen molar-refractivity contribution in [3.63, 3.8) is 0 Å². The zero-order chi connectivity index (χ0) is 19.5. The van der Waals surface area contributed by atoms with E-state index in [4.69, 9.17) is 21.1 Å². The van der Waals surface area contributed by atoms with Crippen LogP contribution in [0.15, 0.2) is 17.1 Å². The van der Waals surface area contributed by atoms with Gasteiger partial charge in [-0.15, -0.1) is 0 Å². The third-order valence-electron chi connectivity index (χ3n) is 5.72. The van der Waals surface area contributed by atoms with Crippen molar-refractivity contribution in [1.29, 1.82) is 0 Å². The third-order valence-corrected chi connectivity index (χ3v) is 6.00. The van der Waals surface area contributed by atoms with Crippen LogP contribution in [-0.2, 0) is 11.3 Å². The van der Waals surface area contributed by atoms with Crippen LogP contribution in [0.25, 0.3) is 0 Å². The molecule has 1 aromatic rings. The Morgan fingerprint density at radius 1 is 1.29 bits per heavy atom. The number of hydrogen-bond donors (Lipinski definition) is 2. The molecule has 2 aliphatic heterocycles. The van der Waals surface area contributed by atoms with Crippen LogP contribution in [0.1, 0.15) is 37.7 Å². The Bertz CT molecular complexity index is 764. The summed E-state index contributed by atoms with van der Waals surface area (Å²) in [5, 5.41) is 7.29. The Kier molecular flexibility index (Phi) is 5.80. The topological polar surface area (TPSA) is 75.2 Å². The first kappa shape index (κ1) is 19.2. The zero-order valence-corrected chi connectivity index (χ0v) is 16.9. The molecule has 3 aliphatic rings. The molecule has 1 aromatic carbocycles. The van der Waals surface area contributed by atoms with Crippen LogP contribution in [0.4, 0.5) is 0 Å². The van der Waals surface area contributed by atoms with E-state index in [1.54, 1.807) is 7.05 Å². The minimum Gasteiger partial charge on any atom is -0.454 e. The van der Waals surface area contributed by atoms with Gasteiger partial charge in [0.1, 0.15) is 0 Å². The maximum atomic E-state index is 12.6. The maximum absolute atomic E-state index is 12.6. The lowest BCUT2D eigenvalue weighted by Crippen LogP contribution is -2.45. The van der Waals surface area contributed by atoms with Crippen LogP contribution in [0, 0.1) is 5.92 Å². The molecule has 1 amide bonds. The second kappa shape index (κ2) is 8.47. The van der Waals surface area contributed by atoms with Crippen LogP contribution < -0.4 is 20.1 Å². The van der Waals surface area contributed by atoms with E-state index in [-0.39, 0.29) is 18.8 Å². The smallest absolute Gasteiger partial charge is 0.231 e. The summed E-state index contributed by atoms with van der Waals surface area (Å²) >= 11 is 6.24. The minimum atomic E-state index is 0.201. The summed E-state index contributed by atoms with van der Waals surface area (Å²) < 4.78 is 10.8. The van der Waals surface area contributed by atoms with Crippen molar-refractivity contribution in [2.75, 3.05) is 26.9 Å². The number of guanidine groups is 1. The van der Waals surface area contributed by atoms with Gasteiger partial charge >= 0.3 is 0 Å². The third kappa shape index (κ3) is 4.14. The fourth-order valence-electron chi connectivity index (χ4n) is 4.21. The van der Waals surface area contributed by atoms with Gasteiger partial charge in [0.05, 0.1) is 5.02 Å². The van der Waals surface area contributed by atoms with E-state index < -0.39 is 0 Å². The fraction of sp³-hybridized carbons (Fsp3) is 0.600. The van der Waals surface area contributed by atoms with Crippen molar-refractivity contribution in [3.8, 4) is 11.5 Å². The lowest BCUT2D eigenvalue weighted by atomic mass is 10.1. The molecule has 7 nitrogen and oxygen atoms in total. The molecule has 1 saturated carbocycles. The Hall–Kier alpha value is -2.15. The molecule has 0 spiro atoms. The van der Waals surface area contributed by atoms with Gasteiger partial charge in [0, 0.05) is 38.6 Å². The molecule has 0 aromatic heterocycles. The molecule has 1 aliphatic carbocycles. The Balaban J connectivity index is 1.28. The van der Waals surface area contributed by atoms with E-state index in [1.165, 1.54) is 12.8 Å². The summed E-state index contributed by atoms with van der Waals surface area (Å²) in [6.07, 6.45) is 5.41. The van der Waals surface area contributed by atoms with Crippen molar-refractivity contribution >= 4 is 23.5 Å². The molecule has 152 valence electrons. The average molecular weight is 407 g/mol. The Morgan fingerprint density at radius 2 is 2.11 bits per heavy atom. The van der Waals surface area contributed by atoms with E-state index in [9.17, 15) is 4.79 Å². The van der Waals surface area contributed by atoms with Gasteiger partial charge in [-0.2, -0.15) is 0 Å². The number of hydrogen-bond acceptors (Lipinski definition) is 4. The monoisotopic (exact) mass is 406 g/mol. The summed E-state index contributed by atoms with van der Waals surface area (Å²) in [6, 6.07) is 4.01. The number of likely N-dealkylation sites (tertiary alicyclic amines) is 1. The molecule has 4 rings (SSSR count). The number of rotatable bonds is 4. The largest absolute Gasteiger partial charge is 0.454 e. The summed E-state index contributed by atoms with van der Waals surface area (Å²) in [5.41, 5.74) is 0.988. The van der Waals surface area contributed by atoms with E-state index in [0.29, 0.717) is 34.9 Å². The summed E-state index contributed by atoms with van der Waals surface area (Å²) in [7, 11) is 1.75. The number of ether oxygens (including phenoxy) is 2. The molecule has 0 bridgehead atoms. The van der Waals surface area contributed by atoms with Gasteiger partial charge in [-0.3, -0.25) is 9.79 Å². The molecule has 0 radical (unpaired) electrons. The van der Waals surface area contributed by atoms with Gasteiger partial charge in [0.25, 0.3) is 0 Å². The number of carbonyl (C=O) groups excluding carboxylic acids is 1. The summed E-state index contributed by atoms with van der Waals surface area (Å²) in [5.74, 6) is 2.57. The number of halogens is 1. The molecule has 1 atom stereocenters. The molecule has 2 fully saturated rings. The molecule has 1 unspecified atom stereocenters. The molecule has 28 heavy (non-hydrogen) atoms. The van der Waals surface area contributed by atoms with Crippen molar-refractivity contribution in [1.82, 2.24) is 15.5 Å². The lowest BCUT2D eigenvalue weighted by Gasteiger charge is -2.21. The molecule has 2 N–H and O–H groups in total. The number of nitrogens with one attached hydrogen (secondary N) is 2. The van der Waals surface area contributed by atoms with Crippen molar-refractivity contribution in [3.05, 3.63) is 22.7 Å². The number of nitrogens with zero attached hydrogens (tertiary/aromatic N) is 2. The molecule has 2 heterocycles. The first-order chi connectivity index (χ1) is 13.6. The molecule has 1 saturated heterocycles. The van der Waals surface area contributed by atoms with Gasteiger partial charge in [0.15, 0.2) is 17.5 Å². The van der Waals surface area contributed by atoms with Crippen LogP contribution in [0.5, 0.6) is 11.5 Å². The van der Waals surface area contributed by atoms with Gasteiger partial charge < -0.3 is 25.0 Å². The van der Waals surface area contributed by atoms with Gasteiger partial charge in [-0.1, -0.05) is 24.4 Å². The van der Waals surface area contributed by atoms with Crippen LogP contribution in [-0.4, -0.2) is 49.7 Å². The highest BCUT2D eigenvalue weighted by molar-refractivity contribution is 6.32. The minimum absolute atomic E-state index is 0.201. The van der Waals surface area contributed by atoms with Gasteiger partial charge in [-0.05, 0) is 37.0 Å². The standard InChI is InChI=1S/C20H27ClN4O3/c1-22-20(23-10-13-8-16(21)18-17(9-13)27-12-28-18)24-15-6-7-25(11-15)19(26)14-4-2-3-5-14/h8-9,14-15H,2-7,10-12H2,1H3,(H2,22,23,24). The summed E-state index contributed by atoms with van der Waals surface area (Å²) in [4.78, 5) is 18.9.